The number of amides is 1. The van der Waals surface area contributed by atoms with Crippen LogP contribution < -0.4 is 10.1 Å². The van der Waals surface area contributed by atoms with Gasteiger partial charge in [-0.1, -0.05) is 63.6 Å². The summed E-state index contributed by atoms with van der Waals surface area (Å²) in [5, 5.41) is 3.92. The van der Waals surface area contributed by atoms with Crippen molar-refractivity contribution >= 4 is 28.5 Å². The Labute approximate surface area is 180 Å². The predicted molar refractivity (Wildman–Crippen MR) is 125 cm³/mol. The third-order valence-electron chi connectivity index (χ3n) is 5.01. The number of ether oxygens (including phenoxy) is 1. The van der Waals surface area contributed by atoms with Crippen LogP contribution in [-0.2, 0) is 4.79 Å². The maximum absolute atomic E-state index is 12.2. The van der Waals surface area contributed by atoms with Crippen molar-refractivity contribution < 1.29 is 9.53 Å². The maximum atomic E-state index is 12.2. The number of carbonyl (C=O) groups excluding carboxylic acids is 1. The maximum Gasteiger partial charge on any atom is 0.234 e. The predicted octanol–water partition coefficient (Wildman–Crippen LogP) is 5.57. The summed E-state index contributed by atoms with van der Waals surface area (Å²) in [5.74, 6) is 1.24. The standard InChI is InChI=1S/C23H37N3O2S/c1-3-5-6-7-8-9-10-11-18-28-21-14-12-20(13-15-21)25-22(27)19-29-23-24-16-17-26(23)4-2/h12-15H,3-11,16-19H2,1-2H3,(H,25,27). The van der Waals surface area contributed by atoms with E-state index in [1.807, 2.05) is 24.3 Å². The van der Waals surface area contributed by atoms with Gasteiger partial charge in [-0.2, -0.15) is 0 Å². The van der Waals surface area contributed by atoms with Crippen molar-refractivity contribution in [1.29, 1.82) is 0 Å². The normalized spacial score (nSPS) is 13.4. The van der Waals surface area contributed by atoms with Gasteiger partial charge in [0.25, 0.3) is 0 Å². The van der Waals surface area contributed by atoms with E-state index < -0.39 is 0 Å². The summed E-state index contributed by atoms with van der Waals surface area (Å²) in [5.41, 5.74) is 0.802. The molecule has 29 heavy (non-hydrogen) atoms. The lowest BCUT2D eigenvalue weighted by atomic mass is 10.1. The number of thioether (sulfide) groups is 1. The first-order valence-electron chi connectivity index (χ1n) is 11.2. The molecule has 0 fully saturated rings. The Morgan fingerprint density at radius 2 is 1.76 bits per heavy atom. The zero-order valence-corrected chi connectivity index (χ0v) is 18.9. The molecule has 6 heteroatoms. The number of benzene rings is 1. The monoisotopic (exact) mass is 419 g/mol. The number of anilines is 1. The van der Waals surface area contributed by atoms with Crippen LogP contribution in [0.2, 0.25) is 0 Å². The quantitative estimate of drug-likeness (QED) is 0.401. The van der Waals surface area contributed by atoms with Crippen molar-refractivity contribution in [1.82, 2.24) is 4.90 Å². The van der Waals surface area contributed by atoms with Crippen LogP contribution in [0.3, 0.4) is 0 Å². The van der Waals surface area contributed by atoms with Crippen LogP contribution >= 0.6 is 11.8 Å². The first-order chi connectivity index (χ1) is 14.2. The molecule has 0 saturated carbocycles. The Morgan fingerprint density at radius 1 is 1.07 bits per heavy atom. The number of hydrogen-bond acceptors (Lipinski definition) is 5. The molecule has 0 spiro atoms. The van der Waals surface area contributed by atoms with E-state index in [0.29, 0.717) is 5.75 Å². The highest BCUT2D eigenvalue weighted by Gasteiger charge is 2.16. The Hall–Kier alpha value is -1.69. The summed E-state index contributed by atoms with van der Waals surface area (Å²) in [6.45, 7) is 7.85. The molecule has 0 aromatic heterocycles. The minimum atomic E-state index is -0.00624. The van der Waals surface area contributed by atoms with E-state index in [9.17, 15) is 4.79 Å². The van der Waals surface area contributed by atoms with Crippen LogP contribution in [0, 0.1) is 0 Å². The number of unbranched alkanes of at least 4 members (excludes halogenated alkanes) is 7. The molecule has 1 aliphatic heterocycles. The minimum absolute atomic E-state index is 0.00624. The Kier molecular flexibility index (Phi) is 11.6. The Morgan fingerprint density at radius 3 is 2.45 bits per heavy atom. The first kappa shape index (κ1) is 23.6. The average molecular weight is 420 g/mol. The summed E-state index contributed by atoms with van der Waals surface area (Å²) >= 11 is 1.51. The molecule has 1 aromatic carbocycles. The topological polar surface area (TPSA) is 53.9 Å². The van der Waals surface area contributed by atoms with Crippen molar-refractivity contribution in [2.24, 2.45) is 4.99 Å². The summed E-state index contributed by atoms with van der Waals surface area (Å²) in [6.07, 6.45) is 10.4. The molecule has 0 unspecified atom stereocenters. The van der Waals surface area contributed by atoms with Crippen LogP contribution in [0.25, 0.3) is 0 Å². The lowest BCUT2D eigenvalue weighted by molar-refractivity contribution is -0.113. The van der Waals surface area contributed by atoms with Gasteiger partial charge < -0.3 is 15.0 Å². The van der Waals surface area contributed by atoms with E-state index in [4.69, 9.17) is 4.74 Å². The summed E-state index contributed by atoms with van der Waals surface area (Å²) in [7, 11) is 0. The van der Waals surface area contributed by atoms with E-state index in [0.717, 1.165) is 49.3 Å². The number of hydrogen-bond donors (Lipinski definition) is 1. The molecule has 162 valence electrons. The van der Waals surface area contributed by atoms with E-state index in [-0.39, 0.29) is 5.91 Å². The van der Waals surface area contributed by atoms with Crippen LogP contribution in [0.1, 0.15) is 65.2 Å². The summed E-state index contributed by atoms with van der Waals surface area (Å²) in [4.78, 5) is 18.8. The highest BCUT2D eigenvalue weighted by Crippen LogP contribution is 2.18. The third-order valence-corrected chi connectivity index (χ3v) is 6.06. The van der Waals surface area contributed by atoms with Gasteiger partial charge in [0.05, 0.1) is 18.9 Å². The largest absolute Gasteiger partial charge is 0.494 e. The second kappa shape index (κ2) is 14.3. The fourth-order valence-electron chi connectivity index (χ4n) is 3.28. The van der Waals surface area contributed by atoms with Gasteiger partial charge in [-0.25, -0.2) is 0 Å². The molecule has 5 nitrogen and oxygen atoms in total. The first-order valence-corrected chi connectivity index (χ1v) is 12.2. The molecule has 0 saturated heterocycles. The number of aliphatic imine (C=N–C) groups is 1. The number of likely N-dealkylation sites (N-methyl/N-ethyl adjacent to an activating group) is 1. The molecule has 0 atom stereocenters. The summed E-state index contributed by atoms with van der Waals surface area (Å²) in [6, 6.07) is 7.65. The smallest absolute Gasteiger partial charge is 0.234 e. The number of nitrogens with one attached hydrogen (secondary N) is 1. The lowest BCUT2D eigenvalue weighted by Gasteiger charge is -2.16. The molecule has 1 heterocycles. The fourth-order valence-corrected chi connectivity index (χ4v) is 4.20. The molecule has 0 bridgehead atoms. The van der Waals surface area contributed by atoms with Gasteiger partial charge in [-0.05, 0) is 37.6 Å². The van der Waals surface area contributed by atoms with Gasteiger partial charge in [-0.15, -0.1) is 0 Å². The van der Waals surface area contributed by atoms with Gasteiger partial charge in [0.2, 0.25) is 5.91 Å². The molecule has 2 rings (SSSR count). The second-order valence-corrected chi connectivity index (χ2v) is 8.37. The van der Waals surface area contributed by atoms with Crippen molar-refractivity contribution in [3.05, 3.63) is 24.3 Å². The molecule has 1 aliphatic rings. The van der Waals surface area contributed by atoms with Crippen molar-refractivity contribution in [3.63, 3.8) is 0 Å². The van der Waals surface area contributed by atoms with Crippen molar-refractivity contribution in [2.75, 3.05) is 37.3 Å². The van der Waals surface area contributed by atoms with Gasteiger partial charge in [0.1, 0.15) is 5.75 Å². The highest BCUT2D eigenvalue weighted by atomic mass is 32.2. The molecule has 1 aromatic rings. The van der Waals surface area contributed by atoms with Gasteiger partial charge in [0.15, 0.2) is 5.17 Å². The van der Waals surface area contributed by atoms with Crippen LogP contribution in [-0.4, -0.2) is 48.0 Å². The zero-order chi connectivity index (χ0) is 20.7. The number of rotatable bonds is 14. The minimum Gasteiger partial charge on any atom is -0.494 e. The fraction of sp³-hybridized carbons (Fsp3) is 0.652. The van der Waals surface area contributed by atoms with Crippen molar-refractivity contribution in [3.8, 4) is 5.75 Å². The van der Waals surface area contributed by atoms with E-state index in [2.05, 4.69) is 29.1 Å². The van der Waals surface area contributed by atoms with Crippen LogP contribution in [0.15, 0.2) is 29.3 Å². The van der Waals surface area contributed by atoms with Crippen LogP contribution in [0.4, 0.5) is 5.69 Å². The highest BCUT2D eigenvalue weighted by molar-refractivity contribution is 8.14. The van der Waals surface area contributed by atoms with Gasteiger partial charge in [-0.3, -0.25) is 9.79 Å². The SMILES string of the molecule is CCCCCCCCCCOc1ccc(NC(=O)CSC2=NCCN2CC)cc1. The second-order valence-electron chi connectivity index (χ2n) is 7.43. The zero-order valence-electron chi connectivity index (χ0n) is 18.1. The molecule has 1 N–H and O–H groups in total. The van der Waals surface area contributed by atoms with Gasteiger partial charge >= 0.3 is 0 Å². The molecular formula is C23H37N3O2S. The lowest BCUT2D eigenvalue weighted by Crippen LogP contribution is -2.26. The van der Waals surface area contributed by atoms with Crippen LogP contribution in [0.5, 0.6) is 5.75 Å². The van der Waals surface area contributed by atoms with E-state index >= 15 is 0 Å². The molecule has 0 aliphatic carbocycles. The Bertz CT molecular complexity index is 619. The third kappa shape index (κ3) is 9.57. The molecular weight excluding hydrogens is 382 g/mol. The summed E-state index contributed by atoms with van der Waals surface area (Å²) < 4.78 is 5.81. The molecule has 1 amide bonds. The average Bonchev–Trinajstić information content (AvgIpc) is 3.20. The van der Waals surface area contributed by atoms with E-state index in [1.54, 1.807) is 0 Å². The molecule has 0 radical (unpaired) electrons. The Balaban J connectivity index is 1.56. The number of carbonyl (C=O) groups is 1. The number of nitrogens with zero attached hydrogens (tertiary/aromatic N) is 2. The van der Waals surface area contributed by atoms with E-state index in [1.165, 1.54) is 56.7 Å². The van der Waals surface area contributed by atoms with Gasteiger partial charge in [0, 0.05) is 18.8 Å². The number of amidine groups is 1. The van der Waals surface area contributed by atoms with Crippen molar-refractivity contribution in [2.45, 2.75) is 65.2 Å².